The average Bonchev–Trinajstić information content (AvgIpc) is 1.95. The van der Waals surface area contributed by atoms with Gasteiger partial charge in [0, 0.05) is 13.3 Å². The second-order valence-electron chi connectivity index (χ2n) is 2.54. The molecule has 0 saturated carbocycles. The summed E-state index contributed by atoms with van der Waals surface area (Å²) in [5, 5.41) is 8.27. The molecule has 0 fully saturated rings. The molecule has 0 atom stereocenters. The highest BCUT2D eigenvalue weighted by atomic mass is 16.5. The zero-order valence-electron chi connectivity index (χ0n) is 7.21. The third-order valence-corrected chi connectivity index (χ3v) is 1.34. The molecule has 0 radical (unpaired) electrons. The Bertz CT molecular complexity index is 136. The van der Waals surface area contributed by atoms with Crippen LogP contribution in [0.1, 0.15) is 47.5 Å². The summed E-state index contributed by atoms with van der Waals surface area (Å²) in [6, 6.07) is 0. The van der Waals surface area contributed by atoms with E-state index in [1.54, 1.807) is 0 Å². The van der Waals surface area contributed by atoms with Crippen LogP contribution in [0.15, 0.2) is 0 Å². The second-order valence-corrected chi connectivity index (χ2v) is 2.54. The van der Waals surface area contributed by atoms with Gasteiger partial charge in [-0.05, 0) is 19.3 Å². The smallest absolute Gasteiger partial charge is 0.303 e. The van der Waals surface area contributed by atoms with E-state index in [1.807, 2.05) is 0 Å². The Morgan fingerprint density at radius 3 is 2.14 bits per heavy atom. The van der Waals surface area contributed by atoms with Crippen molar-refractivity contribution in [2.45, 2.75) is 47.5 Å². The van der Waals surface area contributed by atoms with Gasteiger partial charge in [0.25, 0.3) is 0 Å². The molecule has 0 saturated heterocycles. The largest absolute Gasteiger partial charge is 0.481 e. The van der Waals surface area contributed by atoms with Crippen molar-refractivity contribution in [3.8, 4) is 0 Å². The fourth-order valence-electron chi connectivity index (χ4n) is 0.771. The van der Waals surface area contributed by atoms with Crippen LogP contribution in [0.2, 0.25) is 0 Å². The molecule has 0 aliphatic rings. The number of hydrogen-bond acceptors (Lipinski definition) is 3. The summed E-state index contributed by atoms with van der Waals surface area (Å²) in [5.41, 5.74) is 0. The molecule has 14 heavy (non-hydrogen) atoms. The lowest BCUT2D eigenvalue weighted by Gasteiger charge is -1.99. The second kappa shape index (κ2) is 11.9. The number of carboxylic acids is 1. The van der Waals surface area contributed by atoms with Crippen molar-refractivity contribution in [3.63, 3.8) is 0 Å². The molecule has 0 rings (SSSR count). The molecule has 4 nitrogen and oxygen atoms in total. The van der Waals surface area contributed by atoms with E-state index >= 15 is 0 Å². The maximum Gasteiger partial charge on any atom is 0.303 e. The van der Waals surface area contributed by atoms with Crippen molar-refractivity contribution < 1.29 is 19.4 Å². The predicted octanol–water partition coefficient (Wildman–Crippen LogP) is 2.47. The molecular formula is C10H22O4. The van der Waals surface area contributed by atoms with Gasteiger partial charge in [-0.25, -0.2) is 0 Å². The van der Waals surface area contributed by atoms with Crippen LogP contribution in [-0.2, 0) is 14.3 Å². The number of esters is 1. The van der Waals surface area contributed by atoms with Crippen LogP contribution < -0.4 is 0 Å². The van der Waals surface area contributed by atoms with E-state index in [1.165, 1.54) is 6.92 Å². The van der Waals surface area contributed by atoms with E-state index in [2.05, 4.69) is 4.74 Å². The Hall–Kier alpha value is -1.06. The van der Waals surface area contributed by atoms with E-state index in [0.717, 1.165) is 12.8 Å². The minimum Gasteiger partial charge on any atom is -0.481 e. The molecule has 86 valence electrons. The van der Waals surface area contributed by atoms with Crippen molar-refractivity contribution in [1.29, 1.82) is 0 Å². The standard InChI is InChI=1S/C8H14O4.2CH4/c1-7(9)12-6-4-2-3-5-8(10)11;;/h2-6H2,1H3,(H,10,11);2*1H4. The average molecular weight is 206 g/mol. The Morgan fingerprint density at radius 1 is 1.14 bits per heavy atom. The Labute approximate surface area is 86.3 Å². The van der Waals surface area contributed by atoms with Crippen LogP contribution >= 0.6 is 0 Å². The topological polar surface area (TPSA) is 63.6 Å². The number of carbonyl (C=O) groups excluding carboxylic acids is 1. The predicted molar refractivity (Wildman–Crippen MR) is 56.2 cm³/mol. The highest BCUT2D eigenvalue weighted by molar-refractivity contribution is 5.66. The highest BCUT2D eigenvalue weighted by Crippen LogP contribution is 1.99. The maximum absolute atomic E-state index is 10.3. The van der Waals surface area contributed by atoms with Gasteiger partial charge in [0.15, 0.2) is 0 Å². The van der Waals surface area contributed by atoms with Crippen LogP contribution in [0.25, 0.3) is 0 Å². The number of aliphatic carboxylic acids is 1. The Kier molecular flexibility index (Phi) is 15.9. The monoisotopic (exact) mass is 206 g/mol. The first-order valence-corrected chi connectivity index (χ1v) is 3.98. The minimum absolute atomic E-state index is 0. The molecule has 0 heterocycles. The molecule has 0 aliphatic carbocycles. The van der Waals surface area contributed by atoms with E-state index in [-0.39, 0.29) is 27.2 Å². The quantitative estimate of drug-likeness (QED) is 0.535. The lowest BCUT2D eigenvalue weighted by atomic mass is 10.2. The van der Waals surface area contributed by atoms with E-state index in [9.17, 15) is 9.59 Å². The first kappa shape index (κ1) is 18.7. The Morgan fingerprint density at radius 2 is 1.71 bits per heavy atom. The van der Waals surface area contributed by atoms with Gasteiger partial charge in [-0.3, -0.25) is 9.59 Å². The molecule has 0 aromatic rings. The van der Waals surface area contributed by atoms with E-state index < -0.39 is 5.97 Å². The molecule has 0 unspecified atom stereocenters. The zero-order chi connectivity index (χ0) is 9.40. The lowest BCUT2D eigenvalue weighted by Crippen LogP contribution is -2.01. The number of ether oxygens (including phenoxy) is 1. The molecule has 0 amide bonds. The van der Waals surface area contributed by atoms with Gasteiger partial charge in [0.2, 0.25) is 0 Å². The normalized spacial score (nSPS) is 8.07. The lowest BCUT2D eigenvalue weighted by molar-refractivity contribution is -0.141. The molecular weight excluding hydrogens is 184 g/mol. The van der Waals surface area contributed by atoms with E-state index in [0.29, 0.717) is 13.0 Å². The number of carbonyl (C=O) groups is 2. The maximum atomic E-state index is 10.3. The molecule has 0 aromatic carbocycles. The first-order chi connectivity index (χ1) is 5.63. The van der Waals surface area contributed by atoms with Gasteiger partial charge >= 0.3 is 11.9 Å². The van der Waals surface area contributed by atoms with Gasteiger partial charge < -0.3 is 9.84 Å². The summed E-state index contributed by atoms with van der Waals surface area (Å²) in [4.78, 5) is 20.3. The van der Waals surface area contributed by atoms with Crippen LogP contribution in [0, 0.1) is 0 Å². The SMILES string of the molecule is C.C.CC(=O)OCCCCCC(=O)O. The summed E-state index contributed by atoms with van der Waals surface area (Å²) in [6.07, 6.45) is 2.38. The summed E-state index contributed by atoms with van der Waals surface area (Å²) in [5.74, 6) is -1.06. The van der Waals surface area contributed by atoms with Gasteiger partial charge in [-0.2, -0.15) is 0 Å². The number of hydrogen-bond donors (Lipinski definition) is 1. The van der Waals surface area contributed by atoms with E-state index in [4.69, 9.17) is 5.11 Å². The van der Waals surface area contributed by atoms with Crippen molar-refractivity contribution in [1.82, 2.24) is 0 Å². The molecule has 0 spiro atoms. The molecule has 1 N–H and O–H groups in total. The third kappa shape index (κ3) is 17.1. The molecule has 0 bridgehead atoms. The van der Waals surface area contributed by atoms with Crippen molar-refractivity contribution in [2.24, 2.45) is 0 Å². The van der Waals surface area contributed by atoms with Crippen LogP contribution in [0.5, 0.6) is 0 Å². The van der Waals surface area contributed by atoms with Gasteiger partial charge in [0.05, 0.1) is 6.61 Å². The van der Waals surface area contributed by atoms with Gasteiger partial charge in [-0.1, -0.05) is 14.9 Å². The van der Waals surface area contributed by atoms with Gasteiger partial charge in [-0.15, -0.1) is 0 Å². The molecule has 0 aromatic heterocycles. The summed E-state index contributed by atoms with van der Waals surface area (Å²) in [6.45, 7) is 1.76. The fourth-order valence-corrected chi connectivity index (χ4v) is 0.771. The van der Waals surface area contributed by atoms with Crippen molar-refractivity contribution in [2.75, 3.05) is 6.61 Å². The number of carboxylic acid groups (broad SMARTS) is 1. The number of rotatable bonds is 6. The number of unbranched alkanes of at least 4 members (excludes halogenated alkanes) is 2. The summed E-state index contributed by atoms with van der Waals surface area (Å²) < 4.78 is 4.66. The van der Waals surface area contributed by atoms with Crippen molar-refractivity contribution in [3.05, 3.63) is 0 Å². The van der Waals surface area contributed by atoms with Crippen LogP contribution in [0.4, 0.5) is 0 Å². The molecule has 0 aliphatic heterocycles. The highest BCUT2D eigenvalue weighted by Gasteiger charge is 1.97. The third-order valence-electron chi connectivity index (χ3n) is 1.34. The fraction of sp³-hybridized carbons (Fsp3) is 0.800. The zero-order valence-corrected chi connectivity index (χ0v) is 7.21. The van der Waals surface area contributed by atoms with Gasteiger partial charge in [0.1, 0.15) is 0 Å². The van der Waals surface area contributed by atoms with Crippen molar-refractivity contribution >= 4 is 11.9 Å². The Balaban J connectivity index is -0.000000605. The first-order valence-electron chi connectivity index (χ1n) is 3.98. The van der Waals surface area contributed by atoms with Crippen LogP contribution in [0.3, 0.4) is 0 Å². The van der Waals surface area contributed by atoms with Crippen LogP contribution in [-0.4, -0.2) is 23.7 Å². The minimum atomic E-state index is -0.775. The molecule has 4 heteroatoms. The summed E-state index contributed by atoms with van der Waals surface area (Å²) in [7, 11) is 0. The summed E-state index contributed by atoms with van der Waals surface area (Å²) >= 11 is 0.